The number of esters is 1. The Labute approximate surface area is 346 Å². The van der Waals surface area contributed by atoms with Gasteiger partial charge in [0.15, 0.2) is 9.84 Å². The van der Waals surface area contributed by atoms with Crippen LogP contribution in [0.2, 0.25) is 0 Å². The molecule has 0 bridgehead atoms. The summed E-state index contributed by atoms with van der Waals surface area (Å²) in [6.07, 6.45) is -6.19. The maximum Gasteiger partial charge on any atom is 0.417 e. The molecular formula is C40H33F6N7O8S. The van der Waals surface area contributed by atoms with Gasteiger partial charge in [0, 0.05) is 23.1 Å². The summed E-state index contributed by atoms with van der Waals surface area (Å²) in [6, 6.07) is 23.9. The molecule has 0 unspecified atom stereocenters. The molecule has 0 saturated carbocycles. The van der Waals surface area contributed by atoms with Gasteiger partial charge in [0.2, 0.25) is 0 Å². The predicted octanol–water partition coefficient (Wildman–Crippen LogP) is 5.77. The molecule has 0 aliphatic carbocycles. The summed E-state index contributed by atoms with van der Waals surface area (Å²) < 4.78 is 111. The molecule has 3 aromatic heterocycles. The SMILES string of the molecule is COC(=O)c1cc(-c2ccnn2OCc2ccccc2)c(C(F)(F)F)cc1N.CS(=O)(=O)Cn1c(=O)[nH]c2cc(C(F)(F)F)c(-c3ccnn3OCc3ccccc3)cc2c1=O. The Morgan fingerprint density at radius 3 is 1.69 bits per heavy atom. The first kappa shape index (κ1) is 44.2. The number of nitrogen functional groups attached to an aromatic ring is 1. The quantitative estimate of drug-likeness (QED) is 0.0910. The fraction of sp³-hybridized carbons (Fsp3) is 0.175. The van der Waals surface area contributed by atoms with E-state index in [0.29, 0.717) is 16.7 Å². The van der Waals surface area contributed by atoms with Gasteiger partial charge in [-0.05, 0) is 47.5 Å². The number of fused-ring (bicyclic) bond motifs is 1. The Kier molecular flexibility index (Phi) is 12.6. The van der Waals surface area contributed by atoms with Crippen LogP contribution >= 0.6 is 0 Å². The lowest BCUT2D eigenvalue weighted by Crippen LogP contribution is -2.37. The first-order valence-corrected chi connectivity index (χ1v) is 19.9. The number of nitrogens with zero attached hydrogens (tertiary/aromatic N) is 5. The second kappa shape index (κ2) is 17.7. The normalized spacial score (nSPS) is 11.8. The van der Waals surface area contributed by atoms with Crippen LogP contribution in [-0.4, -0.2) is 57.2 Å². The van der Waals surface area contributed by atoms with Crippen LogP contribution in [0.4, 0.5) is 32.0 Å². The van der Waals surface area contributed by atoms with Crippen molar-refractivity contribution in [2.75, 3.05) is 19.1 Å². The van der Waals surface area contributed by atoms with Crippen LogP contribution in [0.5, 0.6) is 0 Å². The van der Waals surface area contributed by atoms with Gasteiger partial charge in [0.1, 0.15) is 30.5 Å². The average Bonchev–Trinajstić information content (AvgIpc) is 3.90. The summed E-state index contributed by atoms with van der Waals surface area (Å²) in [5.41, 5.74) is 1.17. The van der Waals surface area contributed by atoms with Gasteiger partial charge in [-0.3, -0.25) is 4.79 Å². The van der Waals surface area contributed by atoms with Gasteiger partial charge in [0.05, 0.1) is 47.1 Å². The van der Waals surface area contributed by atoms with Crippen LogP contribution in [0.25, 0.3) is 33.4 Å². The molecule has 0 radical (unpaired) electrons. The molecule has 3 heterocycles. The monoisotopic (exact) mass is 885 g/mol. The number of nitrogens with two attached hydrogens (primary N) is 1. The number of anilines is 1. The zero-order chi connectivity index (χ0) is 45.0. The number of halogens is 6. The number of H-pyrrole nitrogens is 1. The number of carbonyl (C=O) groups excluding carboxylic acids is 1. The number of nitrogens with one attached hydrogen (secondary N) is 1. The molecule has 7 aromatic rings. The molecule has 15 nitrogen and oxygen atoms in total. The van der Waals surface area contributed by atoms with Crippen molar-refractivity contribution >= 4 is 32.4 Å². The molecule has 22 heteroatoms. The van der Waals surface area contributed by atoms with Crippen LogP contribution in [0, 0.1) is 0 Å². The van der Waals surface area contributed by atoms with Gasteiger partial charge in [-0.25, -0.2) is 22.6 Å². The Morgan fingerprint density at radius 2 is 1.23 bits per heavy atom. The van der Waals surface area contributed by atoms with E-state index < -0.39 is 62.0 Å². The fourth-order valence-electron chi connectivity index (χ4n) is 6.04. The van der Waals surface area contributed by atoms with E-state index >= 15 is 0 Å². The maximum atomic E-state index is 13.9. The molecule has 0 spiro atoms. The Morgan fingerprint density at radius 1 is 0.742 bits per heavy atom. The molecular weight excluding hydrogens is 853 g/mol. The number of alkyl halides is 6. The van der Waals surface area contributed by atoms with Crippen molar-refractivity contribution in [2.45, 2.75) is 31.4 Å². The number of aromatic amines is 1. The van der Waals surface area contributed by atoms with Crippen molar-refractivity contribution in [1.29, 1.82) is 0 Å². The molecule has 0 atom stereocenters. The van der Waals surface area contributed by atoms with Gasteiger partial charge in [-0.2, -0.15) is 26.3 Å². The van der Waals surface area contributed by atoms with E-state index in [1.807, 2.05) is 30.3 Å². The molecule has 324 valence electrons. The predicted molar refractivity (Wildman–Crippen MR) is 212 cm³/mol. The van der Waals surface area contributed by atoms with Crippen molar-refractivity contribution in [1.82, 2.24) is 29.4 Å². The average molecular weight is 886 g/mol. The number of hydrogen-bond donors (Lipinski definition) is 2. The number of methoxy groups -OCH3 is 1. The molecule has 0 fully saturated rings. The number of hydrogen-bond acceptors (Lipinski definition) is 11. The van der Waals surface area contributed by atoms with Crippen LogP contribution in [-0.2, 0) is 46.0 Å². The molecule has 4 aromatic carbocycles. The van der Waals surface area contributed by atoms with Gasteiger partial charge >= 0.3 is 24.0 Å². The number of aromatic nitrogens is 6. The maximum absolute atomic E-state index is 13.9. The van der Waals surface area contributed by atoms with E-state index in [4.69, 9.17) is 15.4 Å². The van der Waals surface area contributed by atoms with E-state index in [1.54, 1.807) is 30.3 Å². The largest absolute Gasteiger partial charge is 0.465 e. The number of sulfone groups is 1. The Bertz CT molecular complexity index is 2970. The fourth-order valence-corrected chi connectivity index (χ4v) is 6.74. The highest BCUT2D eigenvalue weighted by Gasteiger charge is 2.37. The first-order chi connectivity index (χ1) is 29.2. The van der Waals surface area contributed by atoms with Gasteiger partial charge in [0.25, 0.3) is 5.56 Å². The van der Waals surface area contributed by atoms with Crippen molar-refractivity contribution in [3.05, 3.63) is 158 Å². The molecule has 62 heavy (non-hydrogen) atoms. The van der Waals surface area contributed by atoms with E-state index in [-0.39, 0.29) is 52.3 Å². The minimum atomic E-state index is -4.85. The molecule has 3 N–H and O–H groups in total. The summed E-state index contributed by atoms with van der Waals surface area (Å²) in [5, 5.41) is 7.54. The van der Waals surface area contributed by atoms with Crippen LogP contribution in [0.1, 0.15) is 32.6 Å². The minimum absolute atomic E-state index is 0.0128. The summed E-state index contributed by atoms with van der Waals surface area (Å²) in [4.78, 5) is 52.1. The standard InChI is InChI=1S/C21H17F3N4O5S.C19H16F3N3O3/c1-34(31,32)12-27-19(29)15-9-14(16(21(22,23)24)10-17(15)26-20(27)30)18-7-8-25-28(18)33-11-13-5-3-2-4-6-13;1-27-18(26)14-9-13(15(10-16(14)23)19(20,21)22)17-7-8-24-25(17)28-11-12-5-3-2-4-6-12/h2-10H,11-12H2,1H3,(H,26,30);2-10H,11,23H2,1H3. The zero-order valence-corrected chi connectivity index (χ0v) is 33.1. The highest BCUT2D eigenvalue weighted by atomic mass is 32.2. The molecule has 0 amide bonds. The Hall–Kier alpha value is -7.36. The highest BCUT2D eigenvalue weighted by Crippen LogP contribution is 2.40. The zero-order valence-electron chi connectivity index (χ0n) is 32.3. The lowest BCUT2D eigenvalue weighted by atomic mass is 9.99. The molecule has 0 aliphatic heterocycles. The summed E-state index contributed by atoms with van der Waals surface area (Å²) in [5.74, 6) is -1.77. The second-order valence-corrected chi connectivity index (χ2v) is 15.4. The summed E-state index contributed by atoms with van der Waals surface area (Å²) >= 11 is 0. The van der Waals surface area contributed by atoms with Crippen LogP contribution in [0.15, 0.2) is 119 Å². The third-order valence-electron chi connectivity index (χ3n) is 8.85. The van der Waals surface area contributed by atoms with Crippen LogP contribution < -0.4 is 26.7 Å². The number of benzene rings is 4. The van der Waals surface area contributed by atoms with Crippen molar-refractivity contribution in [2.24, 2.45) is 0 Å². The third kappa shape index (κ3) is 10.1. The number of rotatable bonds is 11. The van der Waals surface area contributed by atoms with Gasteiger partial charge < -0.3 is 25.1 Å². The summed E-state index contributed by atoms with van der Waals surface area (Å²) in [7, 11) is -2.67. The Balaban J connectivity index is 0.000000211. The number of carbonyl (C=O) groups is 1. The highest BCUT2D eigenvalue weighted by molar-refractivity contribution is 7.89. The van der Waals surface area contributed by atoms with E-state index in [9.17, 15) is 49.1 Å². The third-order valence-corrected chi connectivity index (χ3v) is 9.58. The van der Waals surface area contributed by atoms with E-state index in [2.05, 4.69) is 19.9 Å². The molecule has 7 rings (SSSR count). The molecule has 0 saturated heterocycles. The lowest BCUT2D eigenvalue weighted by Gasteiger charge is -2.17. The number of ether oxygens (including phenoxy) is 1. The lowest BCUT2D eigenvalue weighted by molar-refractivity contribution is -0.137. The second-order valence-electron chi connectivity index (χ2n) is 13.3. The van der Waals surface area contributed by atoms with Crippen molar-refractivity contribution in [3.8, 4) is 22.5 Å². The first-order valence-electron chi connectivity index (χ1n) is 17.8. The van der Waals surface area contributed by atoms with Crippen molar-refractivity contribution < 1.29 is 54.0 Å². The minimum Gasteiger partial charge on any atom is -0.465 e. The summed E-state index contributed by atoms with van der Waals surface area (Å²) in [6.45, 7) is 0.106. The van der Waals surface area contributed by atoms with E-state index in [0.717, 1.165) is 46.3 Å². The van der Waals surface area contributed by atoms with E-state index in [1.165, 1.54) is 24.5 Å². The van der Waals surface area contributed by atoms with Crippen molar-refractivity contribution in [3.63, 3.8) is 0 Å². The van der Waals surface area contributed by atoms with Crippen LogP contribution in [0.3, 0.4) is 0 Å². The topological polar surface area (TPSA) is 195 Å². The van der Waals surface area contributed by atoms with Gasteiger partial charge in [-0.1, -0.05) is 70.4 Å². The molecule has 0 aliphatic rings. The smallest absolute Gasteiger partial charge is 0.417 e. The van der Waals surface area contributed by atoms with Gasteiger partial charge in [-0.15, -0.1) is 10.2 Å².